The molecule has 4 rings (SSSR count). The lowest BCUT2D eigenvalue weighted by molar-refractivity contribution is 0.240. The van der Waals surface area contributed by atoms with E-state index in [1.807, 2.05) is 0 Å². The molecule has 0 bridgehead atoms. The fraction of sp³-hybridized carbons (Fsp3) is 0.304. The van der Waals surface area contributed by atoms with E-state index in [1.54, 1.807) is 0 Å². The first-order chi connectivity index (χ1) is 12.3. The van der Waals surface area contributed by atoms with E-state index >= 15 is 0 Å². The van der Waals surface area contributed by atoms with Gasteiger partial charge in [0.1, 0.15) is 0 Å². The molecule has 0 amide bonds. The zero-order valence-corrected chi connectivity index (χ0v) is 14.9. The number of nitrogens with zero attached hydrogens (tertiary/aromatic N) is 2. The third kappa shape index (κ3) is 4.21. The third-order valence-electron chi connectivity index (χ3n) is 5.02. The highest BCUT2D eigenvalue weighted by Crippen LogP contribution is 2.30. The minimum absolute atomic E-state index is 0.752. The number of aryl methyl sites for hydroxylation is 1. The minimum Gasteiger partial charge on any atom is -0.346 e. The molecule has 0 spiro atoms. The molecule has 0 N–H and O–H groups in total. The molecule has 1 aromatic heterocycles. The molecule has 0 unspecified atom stereocenters. The van der Waals surface area contributed by atoms with E-state index in [1.165, 1.54) is 35.2 Å². The molecule has 0 saturated heterocycles. The topological polar surface area (TPSA) is 8.17 Å². The van der Waals surface area contributed by atoms with Crippen molar-refractivity contribution in [2.45, 2.75) is 45.4 Å². The van der Waals surface area contributed by atoms with Crippen molar-refractivity contribution in [3.05, 3.63) is 95.3 Å². The average Bonchev–Trinajstić information content (AvgIpc) is 3.38. The number of hydrogen-bond donors (Lipinski definition) is 0. The summed E-state index contributed by atoms with van der Waals surface area (Å²) in [6.07, 6.45) is 4.89. The number of hydrogen-bond acceptors (Lipinski definition) is 1. The lowest BCUT2D eigenvalue weighted by atomic mass is 10.1. The van der Waals surface area contributed by atoms with E-state index in [0.29, 0.717) is 0 Å². The first kappa shape index (κ1) is 16.2. The Morgan fingerprint density at radius 1 is 0.880 bits per heavy atom. The van der Waals surface area contributed by atoms with Gasteiger partial charge in [0.2, 0.25) is 0 Å². The summed E-state index contributed by atoms with van der Waals surface area (Å²) < 4.78 is 2.40. The van der Waals surface area contributed by atoms with Crippen molar-refractivity contribution in [2.75, 3.05) is 0 Å². The molecule has 3 aromatic rings. The normalized spacial score (nSPS) is 14.2. The van der Waals surface area contributed by atoms with Crippen molar-refractivity contribution >= 4 is 0 Å². The monoisotopic (exact) mass is 330 g/mol. The van der Waals surface area contributed by atoms with Crippen molar-refractivity contribution in [2.24, 2.45) is 0 Å². The van der Waals surface area contributed by atoms with Gasteiger partial charge < -0.3 is 4.57 Å². The highest BCUT2D eigenvalue weighted by Gasteiger charge is 2.29. The molecule has 1 fully saturated rings. The third-order valence-corrected chi connectivity index (χ3v) is 5.02. The van der Waals surface area contributed by atoms with Gasteiger partial charge >= 0.3 is 0 Å². The van der Waals surface area contributed by atoms with Crippen LogP contribution in [0.4, 0.5) is 0 Å². The van der Waals surface area contributed by atoms with Crippen molar-refractivity contribution < 1.29 is 0 Å². The Labute approximate surface area is 150 Å². The SMILES string of the molecule is Cc1cccc(Cn2cccc2CN(Cc2ccccc2)C2CC2)c1. The van der Waals surface area contributed by atoms with E-state index in [9.17, 15) is 0 Å². The Kier molecular flexibility index (Phi) is 4.71. The van der Waals surface area contributed by atoms with E-state index in [-0.39, 0.29) is 0 Å². The molecule has 0 radical (unpaired) electrons. The summed E-state index contributed by atoms with van der Waals surface area (Å²) in [6, 6.07) is 24.9. The molecule has 2 aromatic carbocycles. The summed E-state index contributed by atoms with van der Waals surface area (Å²) in [6.45, 7) is 5.18. The van der Waals surface area contributed by atoms with Crippen LogP contribution in [-0.4, -0.2) is 15.5 Å². The van der Waals surface area contributed by atoms with E-state index in [0.717, 1.165) is 25.7 Å². The standard InChI is InChI=1S/C23H26N2/c1-19-7-5-10-21(15-19)17-24-14-6-11-23(24)18-25(22-12-13-22)16-20-8-3-2-4-9-20/h2-11,14-15,22H,12-13,16-18H2,1H3. The molecule has 128 valence electrons. The molecule has 1 saturated carbocycles. The van der Waals surface area contributed by atoms with Gasteiger partial charge in [-0.3, -0.25) is 4.90 Å². The second-order valence-corrected chi connectivity index (χ2v) is 7.24. The maximum atomic E-state index is 2.64. The first-order valence-electron chi connectivity index (χ1n) is 9.25. The second-order valence-electron chi connectivity index (χ2n) is 7.24. The fourth-order valence-corrected chi connectivity index (χ4v) is 3.53. The maximum absolute atomic E-state index is 2.64. The highest BCUT2D eigenvalue weighted by atomic mass is 15.2. The quantitative estimate of drug-likeness (QED) is 0.591. The van der Waals surface area contributed by atoms with Gasteiger partial charge in [0, 0.05) is 37.6 Å². The van der Waals surface area contributed by atoms with Crippen LogP contribution in [0.2, 0.25) is 0 Å². The smallest absolute Gasteiger partial charge is 0.0473 e. The van der Waals surface area contributed by atoms with Crippen molar-refractivity contribution in [1.82, 2.24) is 9.47 Å². The Balaban J connectivity index is 1.49. The Bertz CT molecular complexity index is 815. The van der Waals surface area contributed by atoms with Crippen LogP contribution in [0.15, 0.2) is 72.9 Å². The van der Waals surface area contributed by atoms with Gasteiger partial charge in [-0.05, 0) is 43.0 Å². The van der Waals surface area contributed by atoms with Crippen LogP contribution in [0, 0.1) is 6.92 Å². The van der Waals surface area contributed by atoms with Crippen LogP contribution in [-0.2, 0) is 19.6 Å². The van der Waals surface area contributed by atoms with Gasteiger partial charge in [0.15, 0.2) is 0 Å². The molecule has 2 heteroatoms. The second kappa shape index (κ2) is 7.28. The molecule has 1 heterocycles. The predicted octanol–water partition coefficient (Wildman–Crippen LogP) is 5.01. The lowest BCUT2D eigenvalue weighted by Crippen LogP contribution is -2.26. The Morgan fingerprint density at radius 2 is 1.68 bits per heavy atom. The van der Waals surface area contributed by atoms with Crippen LogP contribution >= 0.6 is 0 Å². The Hall–Kier alpha value is -2.32. The maximum Gasteiger partial charge on any atom is 0.0473 e. The largest absolute Gasteiger partial charge is 0.346 e. The molecule has 1 aliphatic rings. The summed E-state index contributed by atoms with van der Waals surface area (Å²) in [7, 11) is 0. The van der Waals surface area contributed by atoms with E-state index in [2.05, 4.69) is 89.3 Å². The van der Waals surface area contributed by atoms with Crippen LogP contribution in [0.5, 0.6) is 0 Å². The highest BCUT2D eigenvalue weighted by molar-refractivity contribution is 5.23. The summed E-state index contributed by atoms with van der Waals surface area (Å²) >= 11 is 0. The van der Waals surface area contributed by atoms with Crippen LogP contribution in [0.3, 0.4) is 0 Å². The molecule has 0 aliphatic heterocycles. The van der Waals surface area contributed by atoms with Crippen LogP contribution in [0.25, 0.3) is 0 Å². The van der Waals surface area contributed by atoms with Crippen molar-refractivity contribution in [1.29, 1.82) is 0 Å². The van der Waals surface area contributed by atoms with Gasteiger partial charge in [-0.2, -0.15) is 0 Å². The van der Waals surface area contributed by atoms with Crippen molar-refractivity contribution in [3.8, 4) is 0 Å². The van der Waals surface area contributed by atoms with Gasteiger partial charge in [0.25, 0.3) is 0 Å². The molecule has 2 nitrogen and oxygen atoms in total. The van der Waals surface area contributed by atoms with E-state index < -0.39 is 0 Å². The summed E-state index contributed by atoms with van der Waals surface area (Å²) in [5.41, 5.74) is 5.52. The van der Waals surface area contributed by atoms with Crippen LogP contribution < -0.4 is 0 Å². The van der Waals surface area contributed by atoms with Gasteiger partial charge in [-0.25, -0.2) is 0 Å². The van der Waals surface area contributed by atoms with E-state index in [4.69, 9.17) is 0 Å². The zero-order valence-electron chi connectivity index (χ0n) is 14.9. The number of benzene rings is 2. The van der Waals surface area contributed by atoms with Gasteiger partial charge in [-0.15, -0.1) is 0 Å². The molecule has 1 aliphatic carbocycles. The van der Waals surface area contributed by atoms with Gasteiger partial charge in [0.05, 0.1) is 0 Å². The number of aromatic nitrogens is 1. The van der Waals surface area contributed by atoms with Crippen LogP contribution in [0.1, 0.15) is 35.2 Å². The minimum atomic E-state index is 0.752. The molecule has 25 heavy (non-hydrogen) atoms. The summed E-state index contributed by atoms with van der Waals surface area (Å²) in [4.78, 5) is 2.64. The zero-order chi connectivity index (χ0) is 17.1. The molecular weight excluding hydrogens is 304 g/mol. The summed E-state index contributed by atoms with van der Waals surface area (Å²) in [5.74, 6) is 0. The lowest BCUT2D eigenvalue weighted by Gasteiger charge is -2.23. The Morgan fingerprint density at radius 3 is 2.44 bits per heavy atom. The van der Waals surface area contributed by atoms with Gasteiger partial charge in [-0.1, -0.05) is 60.2 Å². The predicted molar refractivity (Wildman–Crippen MR) is 103 cm³/mol. The molecular formula is C23H26N2. The summed E-state index contributed by atoms with van der Waals surface area (Å²) in [5, 5.41) is 0. The first-order valence-corrected chi connectivity index (χ1v) is 9.25. The van der Waals surface area contributed by atoms with Crippen molar-refractivity contribution in [3.63, 3.8) is 0 Å². The number of rotatable bonds is 7. The molecule has 0 atom stereocenters. The average molecular weight is 330 g/mol. The fourth-order valence-electron chi connectivity index (χ4n) is 3.53.